The van der Waals surface area contributed by atoms with Crippen LogP contribution in [0.15, 0.2) is 36.4 Å². The normalized spacial score (nSPS) is 10.2. The number of amides is 1. The average molecular weight is 284 g/mol. The summed E-state index contributed by atoms with van der Waals surface area (Å²) in [5, 5.41) is 11.6. The third-order valence-electron chi connectivity index (χ3n) is 3.18. The molecule has 0 radical (unpaired) electrons. The topological polar surface area (TPSA) is 92.4 Å². The van der Waals surface area contributed by atoms with Crippen molar-refractivity contribution in [3.05, 3.63) is 58.7 Å². The van der Waals surface area contributed by atoms with Gasteiger partial charge in [-0.15, -0.1) is 0 Å². The predicted molar refractivity (Wildman–Crippen MR) is 81.7 cm³/mol. The van der Waals surface area contributed by atoms with Crippen LogP contribution in [0.4, 0.5) is 11.4 Å². The minimum Gasteiger partial charge on any atom is -0.478 e. The quantitative estimate of drug-likeness (QED) is 0.756. The predicted octanol–water partition coefficient (Wildman–Crippen LogP) is 2.84. The molecular weight excluding hydrogens is 268 g/mol. The number of carbonyl (C=O) groups excluding carboxylic acids is 1. The molecule has 21 heavy (non-hydrogen) atoms. The van der Waals surface area contributed by atoms with E-state index in [0.717, 1.165) is 11.1 Å². The molecule has 0 aromatic heterocycles. The van der Waals surface area contributed by atoms with Crippen molar-refractivity contribution in [2.75, 3.05) is 11.1 Å². The van der Waals surface area contributed by atoms with Crippen LogP contribution in [0, 0.1) is 13.8 Å². The molecule has 0 aliphatic carbocycles. The Bertz CT molecular complexity index is 723. The first-order valence-corrected chi connectivity index (χ1v) is 6.40. The summed E-state index contributed by atoms with van der Waals surface area (Å²) < 4.78 is 0. The number of carboxylic acid groups (broad SMARTS) is 1. The van der Waals surface area contributed by atoms with E-state index in [1.54, 1.807) is 6.07 Å². The molecule has 0 fully saturated rings. The highest BCUT2D eigenvalue weighted by Gasteiger charge is 2.12. The second kappa shape index (κ2) is 5.66. The molecule has 4 N–H and O–H groups in total. The van der Waals surface area contributed by atoms with Crippen LogP contribution < -0.4 is 11.1 Å². The van der Waals surface area contributed by atoms with Crippen LogP contribution in [0.3, 0.4) is 0 Å². The number of carboxylic acids is 1. The van der Waals surface area contributed by atoms with E-state index in [-0.39, 0.29) is 17.2 Å². The second-order valence-corrected chi connectivity index (χ2v) is 4.88. The standard InChI is InChI=1S/C16H16N2O3/c1-9-3-4-10(2)12(7-9)15(19)18-14-6-5-11(16(20)21)8-13(14)17/h3-8H,17H2,1-2H3,(H,18,19)(H,20,21). The van der Waals surface area contributed by atoms with Crippen molar-refractivity contribution in [2.45, 2.75) is 13.8 Å². The lowest BCUT2D eigenvalue weighted by molar-refractivity contribution is 0.0697. The van der Waals surface area contributed by atoms with Gasteiger partial charge in [0.25, 0.3) is 5.91 Å². The lowest BCUT2D eigenvalue weighted by Crippen LogP contribution is -2.15. The van der Waals surface area contributed by atoms with Crippen LogP contribution in [-0.2, 0) is 0 Å². The molecule has 5 nitrogen and oxygen atoms in total. The first-order valence-electron chi connectivity index (χ1n) is 6.40. The number of aryl methyl sites for hydroxylation is 2. The van der Waals surface area contributed by atoms with Crippen molar-refractivity contribution < 1.29 is 14.7 Å². The molecule has 108 valence electrons. The number of nitrogens with one attached hydrogen (secondary N) is 1. The molecule has 0 atom stereocenters. The third kappa shape index (κ3) is 3.20. The lowest BCUT2D eigenvalue weighted by atomic mass is 10.0. The molecule has 0 bridgehead atoms. The summed E-state index contributed by atoms with van der Waals surface area (Å²) in [6.45, 7) is 3.76. The summed E-state index contributed by atoms with van der Waals surface area (Å²) in [7, 11) is 0. The summed E-state index contributed by atoms with van der Waals surface area (Å²) >= 11 is 0. The highest BCUT2D eigenvalue weighted by molar-refractivity contribution is 6.07. The van der Waals surface area contributed by atoms with Crippen LogP contribution in [0.5, 0.6) is 0 Å². The van der Waals surface area contributed by atoms with Crippen molar-refractivity contribution >= 4 is 23.3 Å². The summed E-state index contributed by atoms with van der Waals surface area (Å²) in [6, 6.07) is 9.82. The summed E-state index contributed by atoms with van der Waals surface area (Å²) in [5.74, 6) is -1.33. The van der Waals surface area contributed by atoms with E-state index in [2.05, 4.69) is 5.32 Å². The van der Waals surface area contributed by atoms with E-state index >= 15 is 0 Å². The number of aromatic carboxylic acids is 1. The van der Waals surface area contributed by atoms with E-state index in [1.807, 2.05) is 26.0 Å². The Balaban J connectivity index is 2.27. The largest absolute Gasteiger partial charge is 0.478 e. The van der Waals surface area contributed by atoms with Crippen molar-refractivity contribution in [2.24, 2.45) is 0 Å². The van der Waals surface area contributed by atoms with Gasteiger partial charge in [0.15, 0.2) is 0 Å². The molecular formula is C16H16N2O3. The number of rotatable bonds is 3. The molecule has 0 aliphatic heterocycles. The summed E-state index contributed by atoms with van der Waals surface area (Å²) in [4.78, 5) is 23.1. The number of nitrogens with two attached hydrogens (primary N) is 1. The molecule has 0 saturated heterocycles. The van der Waals surface area contributed by atoms with Crippen LogP contribution in [0.25, 0.3) is 0 Å². The second-order valence-electron chi connectivity index (χ2n) is 4.88. The van der Waals surface area contributed by atoms with Gasteiger partial charge in [-0.1, -0.05) is 17.7 Å². The molecule has 0 spiro atoms. The van der Waals surface area contributed by atoms with Gasteiger partial charge in [0.05, 0.1) is 16.9 Å². The van der Waals surface area contributed by atoms with Gasteiger partial charge in [0, 0.05) is 5.56 Å². The third-order valence-corrected chi connectivity index (χ3v) is 3.18. The van der Waals surface area contributed by atoms with Gasteiger partial charge in [-0.3, -0.25) is 4.79 Å². The van der Waals surface area contributed by atoms with Crippen molar-refractivity contribution in [1.29, 1.82) is 0 Å². The van der Waals surface area contributed by atoms with Crippen LogP contribution in [0.1, 0.15) is 31.8 Å². The fourth-order valence-corrected chi connectivity index (χ4v) is 1.98. The fraction of sp³-hybridized carbons (Fsp3) is 0.125. The minimum absolute atomic E-state index is 0.0808. The van der Waals surface area contributed by atoms with E-state index < -0.39 is 5.97 Å². The summed E-state index contributed by atoms with van der Waals surface area (Å²) in [5.41, 5.74) is 8.88. The molecule has 2 aromatic rings. The first-order chi connectivity index (χ1) is 9.88. The Morgan fingerprint density at radius 2 is 1.81 bits per heavy atom. The Kier molecular flexibility index (Phi) is 3.93. The van der Waals surface area contributed by atoms with E-state index in [0.29, 0.717) is 11.3 Å². The Morgan fingerprint density at radius 1 is 1.10 bits per heavy atom. The van der Waals surface area contributed by atoms with Crippen molar-refractivity contribution in [1.82, 2.24) is 0 Å². The van der Waals surface area contributed by atoms with E-state index in [9.17, 15) is 9.59 Å². The monoisotopic (exact) mass is 284 g/mol. The van der Waals surface area contributed by atoms with Crippen molar-refractivity contribution in [3.8, 4) is 0 Å². The highest BCUT2D eigenvalue weighted by atomic mass is 16.4. The van der Waals surface area contributed by atoms with Crippen LogP contribution in [0.2, 0.25) is 0 Å². The zero-order chi connectivity index (χ0) is 15.6. The maximum absolute atomic E-state index is 12.3. The van der Waals surface area contributed by atoms with Gasteiger partial charge in [-0.25, -0.2) is 4.79 Å². The zero-order valence-electron chi connectivity index (χ0n) is 11.8. The number of anilines is 2. The van der Waals surface area contributed by atoms with E-state index in [1.165, 1.54) is 18.2 Å². The molecule has 5 heteroatoms. The van der Waals surface area contributed by atoms with Gasteiger partial charge in [0.2, 0.25) is 0 Å². The molecule has 2 rings (SSSR count). The lowest BCUT2D eigenvalue weighted by Gasteiger charge is -2.11. The van der Waals surface area contributed by atoms with Gasteiger partial charge < -0.3 is 16.2 Å². The maximum atomic E-state index is 12.3. The average Bonchev–Trinajstić information content (AvgIpc) is 2.43. The van der Waals surface area contributed by atoms with Crippen LogP contribution >= 0.6 is 0 Å². The fourth-order valence-electron chi connectivity index (χ4n) is 1.98. The SMILES string of the molecule is Cc1ccc(C)c(C(=O)Nc2ccc(C(=O)O)cc2N)c1. The Hall–Kier alpha value is -2.82. The highest BCUT2D eigenvalue weighted by Crippen LogP contribution is 2.21. The summed E-state index contributed by atoms with van der Waals surface area (Å²) in [6.07, 6.45) is 0. The number of hydrogen-bond donors (Lipinski definition) is 3. The van der Waals surface area contributed by atoms with Gasteiger partial charge >= 0.3 is 5.97 Å². The minimum atomic E-state index is -1.06. The van der Waals surface area contributed by atoms with Gasteiger partial charge in [-0.05, 0) is 43.7 Å². The number of nitrogen functional groups attached to an aromatic ring is 1. The molecule has 0 unspecified atom stereocenters. The zero-order valence-corrected chi connectivity index (χ0v) is 11.8. The molecule has 1 amide bonds. The smallest absolute Gasteiger partial charge is 0.335 e. The molecule has 0 saturated carbocycles. The number of benzene rings is 2. The first kappa shape index (κ1) is 14.6. The number of carbonyl (C=O) groups is 2. The molecule has 0 heterocycles. The van der Waals surface area contributed by atoms with E-state index in [4.69, 9.17) is 10.8 Å². The Morgan fingerprint density at radius 3 is 2.43 bits per heavy atom. The number of hydrogen-bond acceptors (Lipinski definition) is 3. The molecule has 2 aromatic carbocycles. The van der Waals surface area contributed by atoms with Crippen molar-refractivity contribution in [3.63, 3.8) is 0 Å². The maximum Gasteiger partial charge on any atom is 0.335 e. The van der Waals surface area contributed by atoms with Gasteiger partial charge in [0.1, 0.15) is 0 Å². The Labute approximate surface area is 122 Å². The van der Waals surface area contributed by atoms with Crippen LogP contribution in [-0.4, -0.2) is 17.0 Å². The molecule has 0 aliphatic rings. The van der Waals surface area contributed by atoms with Gasteiger partial charge in [-0.2, -0.15) is 0 Å².